The molecular formula is C14H14N2O3. The molecule has 0 radical (unpaired) electrons. The number of benzene rings is 2. The summed E-state index contributed by atoms with van der Waals surface area (Å²) in [5.41, 5.74) is 7.31. The van der Waals surface area contributed by atoms with Crippen LogP contribution in [-0.2, 0) is 6.54 Å². The Morgan fingerprint density at radius 2 is 1.84 bits per heavy atom. The van der Waals surface area contributed by atoms with Gasteiger partial charge >= 0.3 is 0 Å². The molecule has 0 atom stereocenters. The van der Waals surface area contributed by atoms with Crippen molar-refractivity contribution in [2.24, 2.45) is 5.73 Å². The molecule has 2 N–H and O–H groups in total. The Balaban J connectivity index is 2.24. The first kappa shape index (κ1) is 13.0. The Kier molecular flexibility index (Phi) is 3.77. The van der Waals surface area contributed by atoms with Crippen molar-refractivity contribution in [1.29, 1.82) is 0 Å². The molecule has 5 heteroatoms. The zero-order valence-corrected chi connectivity index (χ0v) is 10.5. The molecule has 0 amide bonds. The van der Waals surface area contributed by atoms with E-state index in [0.29, 0.717) is 18.0 Å². The molecule has 0 unspecified atom stereocenters. The number of hydrogen-bond acceptors (Lipinski definition) is 4. The van der Waals surface area contributed by atoms with Crippen molar-refractivity contribution in [1.82, 2.24) is 0 Å². The van der Waals surface area contributed by atoms with Crippen LogP contribution < -0.4 is 10.5 Å². The van der Waals surface area contributed by atoms with Crippen LogP contribution in [-0.4, -0.2) is 4.92 Å². The first-order valence-corrected chi connectivity index (χ1v) is 5.81. The lowest BCUT2D eigenvalue weighted by molar-refractivity contribution is -0.385. The van der Waals surface area contributed by atoms with Gasteiger partial charge in [0, 0.05) is 12.6 Å². The van der Waals surface area contributed by atoms with E-state index in [0.717, 1.165) is 11.1 Å². The van der Waals surface area contributed by atoms with Gasteiger partial charge in [0.15, 0.2) is 0 Å². The Bertz CT molecular complexity index is 594. The van der Waals surface area contributed by atoms with Crippen molar-refractivity contribution in [2.75, 3.05) is 0 Å². The Hall–Kier alpha value is -2.40. The predicted molar refractivity (Wildman–Crippen MR) is 72.2 cm³/mol. The predicted octanol–water partition coefficient (Wildman–Crippen LogP) is 3.15. The highest BCUT2D eigenvalue weighted by Crippen LogP contribution is 2.27. The van der Waals surface area contributed by atoms with Crippen LogP contribution in [0.3, 0.4) is 0 Å². The van der Waals surface area contributed by atoms with Gasteiger partial charge in [-0.05, 0) is 36.2 Å². The summed E-state index contributed by atoms with van der Waals surface area (Å²) in [7, 11) is 0. The molecule has 2 aromatic rings. The third-order valence-electron chi connectivity index (χ3n) is 2.64. The number of nitro benzene ring substituents is 1. The monoisotopic (exact) mass is 258 g/mol. The normalized spacial score (nSPS) is 10.2. The molecule has 0 bridgehead atoms. The van der Waals surface area contributed by atoms with E-state index in [1.165, 1.54) is 12.1 Å². The molecule has 0 saturated heterocycles. The molecule has 2 rings (SSSR count). The fourth-order valence-electron chi connectivity index (χ4n) is 1.72. The summed E-state index contributed by atoms with van der Waals surface area (Å²) in [6.45, 7) is 2.26. The van der Waals surface area contributed by atoms with Gasteiger partial charge in [-0.3, -0.25) is 10.1 Å². The maximum Gasteiger partial charge on any atom is 0.273 e. The third kappa shape index (κ3) is 3.29. The van der Waals surface area contributed by atoms with Gasteiger partial charge < -0.3 is 10.5 Å². The summed E-state index contributed by atoms with van der Waals surface area (Å²) < 4.78 is 5.60. The Morgan fingerprint density at radius 1 is 1.16 bits per heavy atom. The summed E-state index contributed by atoms with van der Waals surface area (Å²) >= 11 is 0. The van der Waals surface area contributed by atoms with Crippen LogP contribution in [0.5, 0.6) is 11.5 Å². The first-order chi connectivity index (χ1) is 9.08. The van der Waals surface area contributed by atoms with E-state index < -0.39 is 4.92 Å². The van der Waals surface area contributed by atoms with E-state index in [1.54, 1.807) is 25.1 Å². The molecule has 2 aromatic carbocycles. The molecule has 0 fully saturated rings. The van der Waals surface area contributed by atoms with Gasteiger partial charge in [-0.15, -0.1) is 0 Å². The van der Waals surface area contributed by atoms with E-state index in [4.69, 9.17) is 10.5 Å². The first-order valence-electron chi connectivity index (χ1n) is 5.81. The number of aryl methyl sites for hydroxylation is 1. The maximum absolute atomic E-state index is 10.8. The molecule has 0 aromatic heterocycles. The van der Waals surface area contributed by atoms with Crippen molar-refractivity contribution in [3.63, 3.8) is 0 Å². The van der Waals surface area contributed by atoms with E-state index in [2.05, 4.69) is 0 Å². The van der Waals surface area contributed by atoms with Crippen LogP contribution in [0, 0.1) is 17.0 Å². The minimum atomic E-state index is -0.433. The lowest BCUT2D eigenvalue weighted by Crippen LogP contribution is -1.95. The van der Waals surface area contributed by atoms with Crippen LogP contribution in [0.2, 0.25) is 0 Å². The zero-order valence-electron chi connectivity index (χ0n) is 10.5. The summed E-state index contributed by atoms with van der Waals surface area (Å²) in [6, 6.07) is 12.0. The second-order valence-electron chi connectivity index (χ2n) is 4.21. The molecule has 0 aliphatic carbocycles. The zero-order chi connectivity index (χ0) is 13.8. The van der Waals surface area contributed by atoms with E-state index in [1.807, 2.05) is 12.1 Å². The average Bonchev–Trinajstić information content (AvgIpc) is 2.39. The smallest absolute Gasteiger partial charge is 0.273 e. The van der Waals surface area contributed by atoms with E-state index >= 15 is 0 Å². The summed E-state index contributed by atoms with van der Waals surface area (Å²) in [4.78, 5) is 10.3. The molecule has 98 valence electrons. The number of nitro groups is 1. The molecule has 0 aliphatic heterocycles. The van der Waals surface area contributed by atoms with Crippen molar-refractivity contribution >= 4 is 5.69 Å². The SMILES string of the molecule is Cc1cc(Oc2ccc(CN)cc2)cc([N+](=O)[O-])c1. The summed E-state index contributed by atoms with van der Waals surface area (Å²) in [6.07, 6.45) is 0. The van der Waals surface area contributed by atoms with Crippen LogP contribution in [0.1, 0.15) is 11.1 Å². The van der Waals surface area contributed by atoms with Crippen molar-refractivity contribution in [3.8, 4) is 11.5 Å². The number of nitrogens with zero attached hydrogens (tertiary/aromatic N) is 1. The number of rotatable bonds is 4. The second-order valence-corrected chi connectivity index (χ2v) is 4.21. The molecular weight excluding hydrogens is 244 g/mol. The van der Waals surface area contributed by atoms with Gasteiger partial charge in [0.05, 0.1) is 11.0 Å². The highest BCUT2D eigenvalue weighted by atomic mass is 16.6. The summed E-state index contributed by atoms with van der Waals surface area (Å²) in [5.74, 6) is 1.07. The van der Waals surface area contributed by atoms with Crippen LogP contribution in [0.4, 0.5) is 5.69 Å². The summed E-state index contributed by atoms with van der Waals surface area (Å²) in [5, 5.41) is 10.8. The Morgan fingerprint density at radius 3 is 2.42 bits per heavy atom. The molecule has 0 heterocycles. The topological polar surface area (TPSA) is 78.4 Å². The quantitative estimate of drug-likeness (QED) is 0.675. The lowest BCUT2D eigenvalue weighted by atomic mass is 10.2. The highest BCUT2D eigenvalue weighted by Gasteiger charge is 2.09. The third-order valence-corrected chi connectivity index (χ3v) is 2.64. The van der Waals surface area contributed by atoms with E-state index in [9.17, 15) is 10.1 Å². The molecule has 19 heavy (non-hydrogen) atoms. The van der Waals surface area contributed by atoms with Gasteiger partial charge in [-0.1, -0.05) is 12.1 Å². The molecule has 0 spiro atoms. The van der Waals surface area contributed by atoms with Crippen LogP contribution in [0.25, 0.3) is 0 Å². The van der Waals surface area contributed by atoms with Gasteiger partial charge in [-0.25, -0.2) is 0 Å². The van der Waals surface area contributed by atoms with Crippen LogP contribution in [0.15, 0.2) is 42.5 Å². The number of hydrogen-bond donors (Lipinski definition) is 1. The van der Waals surface area contributed by atoms with Gasteiger partial charge in [0.1, 0.15) is 11.5 Å². The largest absolute Gasteiger partial charge is 0.457 e. The number of nitrogens with two attached hydrogens (primary N) is 1. The van der Waals surface area contributed by atoms with E-state index in [-0.39, 0.29) is 5.69 Å². The molecule has 0 saturated carbocycles. The van der Waals surface area contributed by atoms with Gasteiger partial charge in [0.25, 0.3) is 5.69 Å². The number of ether oxygens (including phenoxy) is 1. The second kappa shape index (κ2) is 5.49. The Labute approximate surface area is 110 Å². The van der Waals surface area contributed by atoms with Gasteiger partial charge in [0.2, 0.25) is 0 Å². The van der Waals surface area contributed by atoms with Crippen molar-refractivity contribution in [3.05, 3.63) is 63.7 Å². The fraction of sp³-hybridized carbons (Fsp3) is 0.143. The molecule has 0 aliphatic rings. The van der Waals surface area contributed by atoms with Gasteiger partial charge in [-0.2, -0.15) is 0 Å². The van der Waals surface area contributed by atoms with Crippen molar-refractivity contribution < 1.29 is 9.66 Å². The highest BCUT2D eigenvalue weighted by molar-refractivity contribution is 5.44. The standard InChI is InChI=1S/C14H14N2O3/c1-10-6-12(16(17)18)8-14(7-10)19-13-4-2-11(9-15)3-5-13/h2-8H,9,15H2,1H3. The van der Waals surface area contributed by atoms with Crippen molar-refractivity contribution in [2.45, 2.75) is 13.5 Å². The fourth-order valence-corrected chi connectivity index (χ4v) is 1.72. The van der Waals surface area contributed by atoms with Crippen LogP contribution >= 0.6 is 0 Å². The number of non-ortho nitro benzene ring substituents is 1. The maximum atomic E-state index is 10.8. The molecule has 5 nitrogen and oxygen atoms in total. The minimum Gasteiger partial charge on any atom is -0.457 e. The lowest BCUT2D eigenvalue weighted by Gasteiger charge is -2.07. The average molecular weight is 258 g/mol. The minimum absolute atomic E-state index is 0.0218.